The third-order valence-electron chi connectivity index (χ3n) is 2.96. The van der Waals surface area contributed by atoms with Gasteiger partial charge in [0, 0.05) is 12.6 Å². The summed E-state index contributed by atoms with van der Waals surface area (Å²) in [5.74, 6) is 1.64. The van der Waals surface area contributed by atoms with Gasteiger partial charge in [-0.2, -0.15) is 0 Å². The van der Waals surface area contributed by atoms with Crippen LogP contribution in [0.25, 0.3) is 0 Å². The van der Waals surface area contributed by atoms with Gasteiger partial charge in [-0.1, -0.05) is 6.07 Å². The van der Waals surface area contributed by atoms with Crippen molar-refractivity contribution in [2.75, 3.05) is 19.9 Å². The van der Waals surface area contributed by atoms with E-state index in [-0.39, 0.29) is 0 Å². The van der Waals surface area contributed by atoms with Crippen molar-refractivity contribution in [1.82, 2.24) is 5.32 Å². The molecule has 1 fully saturated rings. The molecule has 2 aliphatic rings. The van der Waals surface area contributed by atoms with E-state index in [1.165, 1.54) is 12.8 Å². The second kappa shape index (κ2) is 4.94. The number of hydrogen-bond donors (Lipinski definition) is 1. The highest BCUT2D eigenvalue weighted by Crippen LogP contribution is 2.32. The lowest BCUT2D eigenvalue weighted by atomic mass is 10.2. The third-order valence-corrected chi connectivity index (χ3v) is 2.96. The average Bonchev–Trinajstić information content (AvgIpc) is 3.05. The van der Waals surface area contributed by atoms with Gasteiger partial charge in [0.1, 0.15) is 0 Å². The topological polar surface area (TPSA) is 39.7 Å². The van der Waals surface area contributed by atoms with Gasteiger partial charge >= 0.3 is 0 Å². The van der Waals surface area contributed by atoms with Crippen molar-refractivity contribution >= 4 is 0 Å². The second-order valence-electron chi connectivity index (χ2n) is 4.47. The summed E-state index contributed by atoms with van der Waals surface area (Å²) in [6.45, 7) is 2.65. The highest BCUT2D eigenvalue weighted by molar-refractivity contribution is 5.44. The fourth-order valence-electron chi connectivity index (χ4n) is 1.84. The lowest BCUT2D eigenvalue weighted by molar-refractivity contribution is 0.122. The molecule has 4 heteroatoms. The van der Waals surface area contributed by atoms with Crippen LogP contribution in [0, 0.1) is 0 Å². The number of benzene rings is 1. The zero-order valence-corrected chi connectivity index (χ0v) is 9.78. The first-order valence-electron chi connectivity index (χ1n) is 6.11. The smallest absolute Gasteiger partial charge is 0.231 e. The summed E-state index contributed by atoms with van der Waals surface area (Å²) in [6, 6.07) is 6.69. The quantitative estimate of drug-likeness (QED) is 0.762. The number of rotatable bonds is 6. The fraction of sp³-hybridized carbons (Fsp3) is 0.538. The lowest BCUT2D eigenvalue weighted by Crippen LogP contribution is -2.21. The fourth-order valence-corrected chi connectivity index (χ4v) is 1.84. The molecule has 17 heavy (non-hydrogen) atoms. The highest BCUT2D eigenvalue weighted by atomic mass is 16.7. The van der Waals surface area contributed by atoms with Gasteiger partial charge in [0.05, 0.1) is 13.2 Å². The number of ether oxygens (including phenoxy) is 3. The maximum atomic E-state index is 5.60. The van der Waals surface area contributed by atoms with E-state index in [2.05, 4.69) is 5.32 Å². The molecule has 0 radical (unpaired) electrons. The molecule has 92 valence electrons. The van der Waals surface area contributed by atoms with E-state index in [1.54, 1.807) is 0 Å². The summed E-state index contributed by atoms with van der Waals surface area (Å²) in [7, 11) is 0. The maximum Gasteiger partial charge on any atom is 0.231 e. The van der Waals surface area contributed by atoms with E-state index < -0.39 is 0 Å². The Labute approximate surface area is 101 Å². The number of nitrogens with one attached hydrogen (secondary N) is 1. The van der Waals surface area contributed by atoms with Gasteiger partial charge in [0.2, 0.25) is 6.79 Å². The molecule has 1 aliphatic carbocycles. The van der Waals surface area contributed by atoms with E-state index in [4.69, 9.17) is 14.2 Å². The molecule has 4 nitrogen and oxygen atoms in total. The summed E-state index contributed by atoms with van der Waals surface area (Å²) in [5.41, 5.74) is 1.13. The first-order chi connectivity index (χ1) is 8.42. The Morgan fingerprint density at radius 1 is 1.24 bits per heavy atom. The molecule has 0 spiro atoms. The molecular weight excluding hydrogens is 218 g/mol. The van der Waals surface area contributed by atoms with Gasteiger partial charge in [-0.15, -0.1) is 0 Å². The van der Waals surface area contributed by atoms with Crippen LogP contribution in [0.15, 0.2) is 18.2 Å². The van der Waals surface area contributed by atoms with Gasteiger partial charge in [0.15, 0.2) is 11.5 Å². The molecule has 0 unspecified atom stereocenters. The minimum absolute atomic E-state index is 0.324. The number of hydrogen-bond acceptors (Lipinski definition) is 4. The molecule has 1 aliphatic heterocycles. The molecule has 1 aromatic rings. The summed E-state index contributed by atoms with van der Waals surface area (Å²) >= 11 is 0. The first-order valence-corrected chi connectivity index (χ1v) is 6.11. The van der Waals surface area contributed by atoms with Gasteiger partial charge in [-0.05, 0) is 30.5 Å². The lowest BCUT2D eigenvalue weighted by Gasteiger charge is -2.06. The average molecular weight is 235 g/mol. The van der Waals surface area contributed by atoms with Crippen LogP contribution in [0.4, 0.5) is 0 Å². The van der Waals surface area contributed by atoms with Crippen molar-refractivity contribution in [3.63, 3.8) is 0 Å². The van der Waals surface area contributed by atoms with Gasteiger partial charge < -0.3 is 19.5 Å². The zero-order valence-electron chi connectivity index (χ0n) is 9.78. The normalized spacial score (nSPS) is 17.4. The van der Waals surface area contributed by atoms with E-state index >= 15 is 0 Å². The van der Waals surface area contributed by atoms with Crippen LogP contribution in [-0.4, -0.2) is 26.0 Å². The molecule has 0 bridgehead atoms. The van der Waals surface area contributed by atoms with Crippen LogP contribution < -0.4 is 14.8 Å². The van der Waals surface area contributed by atoms with Crippen molar-refractivity contribution in [2.24, 2.45) is 0 Å². The molecular formula is C13H17NO3. The molecule has 0 amide bonds. The van der Waals surface area contributed by atoms with Gasteiger partial charge in [-0.3, -0.25) is 0 Å². The summed E-state index contributed by atoms with van der Waals surface area (Å²) < 4.78 is 16.2. The zero-order chi connectivity index (χ0) is 11.5. The Balaban J connectivity index is 1.41. The Bertz CT molecular complexity index is 390. The van der Waals surface area contributed by atoms with Gasteiger partial charge in [0.25, 0.3) is 0 Å². The van der Waals surface area contributed by atoms with Crippen LogP contribution in [0.1, 0.15) is 18.4 Å². The molecule has 0 aromatic heterocycles. The van der Waals surface area contributed by atoms with E-state index in [9.17, 15) is 0 Å². The Hall–Kier alpha value is -1.26. The molecule has 3 rings (SSSR count). The largest absolute Gasteiger partial charge is 0.454 e. The standard InChI is InChI=1S/C13H17NO3/c1-4-12-13(17-9-16-12)7-10(1)8-15-6-5-14-11-2-3-11/h1,4,7,11,14H,2-3,5-6,8-9H2. The highest BCUT2D eigenvalue weighted by Gasteiger charge is 2.19. The monoisotopic (exact) mass is 235 g/mol. The van der Waals surface area contributed by atoms with Crippen molar-refractivity contribution in [1.29, 1.82) is 0 Å². The Morgan fingerprint density at radius 2 is 2.12 bits per heavy atom. The van der Waals surface area contributed by atoms with E-state index in [0.29, 0.717) is 13.4 Å². The van der Waals surface area contributed by atoms with Gasteiger partial charge in [-0.25, -0.2) is 0 Å². The van der Waals surface area contributed by atoms with Crippen LogP contribution >= 0.6 is 0 Å². The second-order valence-corrected chi connectivity index (χ2v) is 4.47. The van der Waals surface area contributed by atoms with Crippen LogP contribution in [-0.2, 0) is 11.3 Å². The van der Waals surface area contributed by atoms with Crippen LogP contribution in [0.3, 0.4) is 0 Å². The Kier molecular flexibility index (Phi) is 3.16. The third kappa shape index (κ3) is 2.90. The SMILES string of the molecule is c1cc2c(cc1COCCNC1CC1)OCO2. The molecule has 0 atom stereocenters. The summed E-state index contributed by atoms with van der Waals surface area (Å²) in [6.07, 6.45) is 2.64. The molecule has 0 saturated heterocycles. The van der Waals surface area contributed by atoms with Crippen molar-refractivity contribution < 1.29 is 14.2 Å². The molecule has 1 saturated carbocycles. The summed E-state index contributed by atoms with van der Waals surface area (Å²) in [5, 5.41) is 3.41. The predicted molar refractivity (Wildman–Crippen MR) is 63.2 cm³/mol. The van der Waals surface area contributed by atoms with Crippen molar-refractivity contribution in [3.8, 4) is 11.5 Å². The van der Waals surface area contributed by atoms with Crippen molar-refractivity contribution in [3.05, 3.63) is 23.8 Å². The van der Waals surface area contributed by atoms with E-state index in [0.717, 1.165) is 36.3 Å². The summed E-state index contributed by atoms with van der Waals surface area (Å²) in [4.78, 5) is 0. The van der Waals surface area contributed by atoms with E-state index in [1.807, 2.05) is 18.2 Å². The minimum atomic E-state index is 0.324. The molecule has 1 aromatic carbocycles. The van der Waals surface area contributed by atoms with Crippen LogP contribution in [0.5, 0.6) is 11.5 Å². The predicted octanol–water partition coefficient (Wildman–Crippen LogP) is 1.68. The number of fused-ring (bicyclic) bond motifs is 1. The first kappa shape index (κ1) is 10.9. The maximum absolute atomic E-state index is 5.60. The van der Waals surface area contributed by atoms with Crippen molar-refractivity contribution in [2.45, 2.75) is 25.5 Å². The van der Waals surface area contributed by atoms with Crippen LogP contribution in [0.2, 0.25) is 0 Å². The minimum Gasteiger partial charge on any atom is -0.454 e. The molecule has 1 heterocycles. The Morgan fingerprint density at radius 3 is 3.00 bits per heavy atom. The molecule has 1 N–H and O–H groups in total.